The number of halogens is 1. The molecule has 0 amide bonds. The predicted molar refractivity (Wildman–Crippen MR) is 249 cm³/mol. The molecule has 0 radical (unpaired) electrons. The highest BCUT2D eigenvalue weighted by molar-refractivity contribution is 6.19. The summed E-state index contributed by atoms with van der Waals surface area (Å²) in [6.07, 6.45) is 2.71. The van der Waals surface area contributed by atoms with E-state index in [1.807, 2.05) is 49.4 Å². The number of rotatable bonds is 6. The Morgan fingerprint density at radius 2 is 0.967 bits per heavy atom. The molecule has 0 aliphatic carbocycles. The molecule has 0 fully saturated rings. The van der Waals surface area contributed by atoms with Gasteiger partial charge in [0.25, 0.3) is 0 Å². The molecule has 0 spiro atoms. The van der Waals surface area contributed by atoms with E-state index in [0.29, 0.717) is 17.8 Å². The van der Waals surface area contributed by atoms with Crippen LogP contribution in [-0.4, -0.2) is 20.7 Å². The lowest BCUT2D eigenvalue weighted by Gasteiger charge is -2.26. The molecular formula is C55H39FN4. The zero-order valence-electron chi connectivity index (χ0n) is 33.3. The molecule has 0 atom stereocenters. The van der Waals surface area contributed by atoms with E-state index in [1.54, 1.807) is 6.07 Å². The maximum Gasteiger partial charge on any atom is 0.160 e. The number of hydrogen-bond donors (Lipinski definition) is 0. The number of aromatic nitrogens is 2. The van der Waals surface area contributed by atoms with E-state index < -0.39 is 0 Å². The van der Waals surface area contributed by atoms with Gasteiger partial charge in [0.1, 0.15) is 5.82 Å². The van der Waals surface area contributed by atoms with Crippen LogP contribution in [0.2, 0.25) is 0 Å². The van der Waals surface area contributed by atoms with E-state index in [0.717, 1.165) is 89.0 Å². The zero-order valence-corrected chi connectivity index (χ0v) is 33.3. The summed E-state index contributed by atoms with van der Waals surface area (Å²) in [6, 6.07) is 62.7. The van der Waals surface area contributed by atoms with Crippen LogP contribution in [0, 0.1) is 19.7 Å². The molecule has 1 aliphatic rings. The summed E-state index contributed by atoms with van der Waals surface area (Å²) in [4.78, 5) is 10.9. The van der Waals surface area contributed by atoms with Gasteiger partial charge in [-0.1, -0.05) is 152 Å². The van der Waals surface area contributed by atoms with Gasteiger partial charge < -0.3 is 9.13 Å². The number of hydrogen-bond acceptors (Lipinski definition) is 2. The Kier molecular flexibility index (Phi) is 8.48. The molecule has 3 heterocycles. The molecule has 60 heavy (non-hydrogen) atoms. The van der Waals surface area contributed by atoms with Gasteiger partial charge in [-0.15, -0.1) is 0 Å². The van der Waals surface area contributed by atoms with Crippen LogP contribution in [0.3, 0.4) is 0 Å². The topological polar surface area (TPSA) is 34.6 Å². The van der Waals surface area contributed by atoms with E-state index in [2.05, 4.69) is 156 Å². The normalized spacial score (nSPS) is 13.2. The molecule has 2 aromatic heterocycles. The summed E-state index contributed by atoms with van der Waals surface area (Å²) in [7, 11) is 0. The van der Waals surface area contributed by atoms with Crippen LogP contribution in [0.15, 0.2) is 198 Å². The van der Waals surface area contributed by atoms with Gasteiger partial charge in [0.2, 0.25) is 0 Å². The van der Waals surface area contributed by atoms with Gasteiger partial charge in [-0.25, -0.2) is 14.4 Å². The summed E-state index contributed by atoms with van der Waals surface area (Å²) in [6.45, 7) is 4.09. The SMILES string of the molecule is Cc1c(F)cccc1-c1c(C)c(-n2c3ccccc3c3ccccc32)cc(C2=NC(c3ccccc3)=NC(c3ccccc3)=CC2)c1-n1c2ccccc2c2ccccc21. The summed E-state index contributed by atoms with van der Waals surface area (Å²) < 4.78 is 20.8. The monoisotopic (exact) mass is 774 g/mol. The van der Waals surface area contributed by atoms with Crippen molar-refractivity contribution in [2.24, 2.45) is 9.98 Å². The van der Waals surface area contributed by atoms with E-state index in [-0.39, 0.29) is 5.82 Å². The second-order valence-corrected chi connectivity index (χ2v) is 15.5. The second kappa shape index (κ2) is 14.3. The van der Waals surface area contributed by atoms with Crippen molar-refractivity contribution in [3.8, 4) is 22.5 Å². The molecular weight excluding hydrogens is 736 g/mol. The summed E-state index contributed by atoms with van der Waals surface area (Å²) in [5.41, 5.74) is 14.3. The van der Waals surface area contributed by atoms with Crippen LogP contribution < -0.4 is 0 Å². The van der Waals surface area contributed by atoms with Gasteiger partial charge in [0.15, 0.2) is 5.84 Å². The van der Waals surface area contributed by atoms with Crippen molar-refractivity contribution in [3.05, 3.63) is 222 Å². The lowest BCUT2D eigenvalue weighted by atomic mass is 9.88. The first-order valence-electron chi connectivity index (χ1n) is 20.4. The molecule has 4 nitrogen and oxygen atoms in total. The molecule has 0 bridgehead atoms. The van der Waals surface area contributed by atoms with Gasteiger partial charge in [0, 0.05) is 44.7 Å². The number of aliphatic imine (C=N–C) groups is 2. The fourth-order valence-electron chi connectivity index (χ4n) is 9.22. The van der Waals surface area contributed by atoms with Crippen LogP contribution in [0.1, 0.15) is 34.2 Å². The van der Waals surface area contributed by atoms with E-state index in [4.69, 9.17) is 9.98 Å². The van der Waals surface area contributed by atoms with Crippen molar-refractivity contribution in [1.29, 1.82) is 0 Å². The Labute approximate surface area is 347 Å². The number of benzene rings is 8. The molecule has 0 saturated heterocycles. The Morgan fingerprint density at radius 1 is 0.467 bits per heavy atom. The van der Waals surface area contributed by atoms with Crippen LogP contribution >= 0.6 is 0 Å². The van der Waals surface area contributed by atoms with Crippen molar-refractivity contribution in [3.63, 3.8) is 0 Å². The molecule has 5 heteroatoms. The number of amidine groups is 1. The summed E-state index contributed by atoms with van der Waals surface area (Å²) in [5, 5.41) is 4.63. The van der Waals surface area contributed by atoms with Gasteiger partial charge in [-0.3, -0.25) is 0 Å². The second-order valence-electron chi connectivity index (χ2n) is 15.5. The van der Waals surface area contributed by atoms with E-state index in [9.17, 15) is 0 Å². The standard InChI is InChI=1S/C55H39FN4/c1-35-39(26-17-27-45(35)56)53-36(2)52(59-48-28-13-9-22-40(48)41-23-10-14-29-49(41)59)34-44(54(53)60-50-30-15-11-24-42(50)43-25-12-16-31-51(43)60)47-33-32-46(37-18-5-3-6-19-37)57-55(58-47)38-20-7-4-8-21-38/h3-32,34H,33H2,1-2H3. The smallest absolute Gasteiger partial charge is 0.160 e. The number of fused-ring (bicyclic) bond motifs is 6. The molecule has 10 aromatic rings. The fraction of sp³-hybridized carbons (Fsp3) is 0.0545. The maximum atomic E-state index is 16.1. The third kappa shape index (κ3) is 5.65. The van der Waals surface area contributed by atoms with Crippen molar-refractivity contribution >= 4 is 60.9 Å². The number of para-hydroxylation sites is 4. The Balaban J connectivity index is 1.33. The molecule has 286 valence electrons. The molecule has 11 rings (SSSR count). The van der Waals surface area contributed by atoms with Gasteiger partial charge in [-0.05, 0) is 72.5 Å². The van der Waals surface area contributed by atoms with Crippen molar-refractivity contribution in [2.75, 3.05) is 0 Å². The zero-order chi connectivity index (χ0) is 40.3. The van der Waals surface area contributed by atoms with Gasteiger partial charge >= 0.3 is 0 Å². The summed E-state index contributed by atoms with van der Waals surface area (Å²) >= 11 is 0. The minimum Gasteiger partial charge on any atom is -0.309 e. The predicted octanol–water partition coefficient (Wildman–Crippen LogP) is 14.0. The number of allylic oxidation sites excluding steroid dienone is 1. The van der Waals surface area contributed by atoms with Crippen molar-refractivity contribution in [1.82, 2.24) is 9.13 Å². The fourth-order valence-corrected chi connectivity index (χ4v) is 9.22. The minimum atomic E-state index is -0.246. The van der Waals surface area contributed by atoms with Crippen LogP contribution in [0.5, 0.6) is 0 Å². The maximum absolute atomic E-state index is 16.1. The lowest BCUT2D eigenvalue weighted by molar-refractivity contribution is 0.619. The molecule has 1 aliphatic heterocycles. The van der Waals surface area contributed by atoms with Crippen molar-refractivity contribution in [2.45, 2.75) is 20.3 Å². The van der Waals surface area contributed by atoms with Gasteiger partial charge in [-0.2, -0.15) is 0 Å². The van der Waals surface area contributed by atoms with E-state index in [1.165, 1.54) is 10.8 Å². The first-order valence-corrected chi connectivity index (χ1v) is 20.4. The lowest BCUT2D eigenvalue weighted by Crippen LogP contribution is -2.14. The quantitative estimate of drug-likeness (QED) is 0.161. The highest BCUT2D eigenvalue weighted by Crippen LogP contribution is 2.45. The first-order chi connectivity index (χ1) is 29.5. The van der Waals surface area contributed by atoms with Crippen LogP contribution in [-0.2, 0) is 0 Å². The minimum absolute atomic E-state index is 0.246. The van der Waals surface area contributed by atoms with E-state index >= 15 is 4.39 Å². The molecule has 0 saturated carbocycles. The third-order valence-electron chi connectivity index (χ3n) is 12.1. The molecule has 0 unspecified atom stereocenters. The van der Waals surface area contributed by atoms with Crippen molar-refractivity contribution < 1.29 is 4.39 Å². The molecule has 0 N–H and O–H groups in total. The third-order valence-corrected chi connectivity index (χ3v) is 12.1. The Bertz CT molecular complexity index is 3310. The Hall–Kier alpha value is -7.63. The first kappa shape index (κ1) is 35.5. The Morgan fingerprint density at radius 3 is 1.53 bits per heavy atom. The average molecular weight is 775 g/mol. The van der Waals surface area contributed by atoms with Crippen LogP contribution in [0.25, 0.3) is 71.8 Å². The van der Waals surface area contributed by atoms with Gasteiger partial charge in [0.05, 0.1) is 44.9 Å². The number of nitrogens with zero attached hydrogens (tertiary/aromatic N) is 4. The summed E-state index contributed by atoms with van der Waals surface area (Å²) in [5.74, 6) is 0.387. The largest absolute Gasteiger partial charge is 0.309 e. The highest BCUT2D eigenvalue weighted by atomic mass is 19.1. The highest BCUT2D eigenvalue weighted by Gasteiger charge is 2.28. The average Bonchev–Trinajstić information content (AvgIpc) is 3.70. The molecule has 8 aromatic carbocycles. The van der Waals surface area contributed by atoms with Crippen LogP contribution in [0.4, 0.5) is 4.39 Å².